The lowest BCUT2D eigenvalue weighted by atomic mass is 10.0. The smallest absolute Gasteiger partial charge is 0.0715 e. The third kappa shape index (κ3) is 2.27. The van der Waals surface area contributed by atoms with E-state index in [-0.39, 0.29) is 0 Å². The third-order valence-corrected chi connectivity index (χ3v) is 12.0. The third-order valence-electron chi connectivity index (χ3n) is 7.80. The molecule has 6 rings (SSSR count). The fourth-order valence-corrected chi connectivity index (χ4v) is 9.92. The molecule has 2 atom stereocenters. The first kappa shape index (κ1) is 16.1. The first-order valence-electron chi connectivity index (χ1n) is 10.8. The van der Waals surface area contributed by atoms with E-state index >= 15 is 0 Å². The molecule has 0 bridgehead atoms. The summed E-state index contributed by atoms with van der Waals surface area (Å²) in [6.07, 6.45) is 17.8. The molecule has 0 saturated carbocycles. The van der Waals surface area contributed by atoms with Crippen LogP contribution in [0.5, 0.6) is 0 Å². The SMILES string of the molecule is C[Si](C)(C1C=Cc2cc3c(cc21)CCC3)C1C=Cc2cc3c(cc21)CCC3. The number of allylic oxidation sites excluding steroid dienone is 2. The molecule has 0 nitrogen and oxygen atoms in total. The summed E-state index contributed by atoms with van der Waals surface area (Å²) >= 11 is 0. The largest absolute Gasteiger partial charge is 0.0791 e. The Bertz CT molecular complexity index is 939. The molecule has 1 heteroatoms. The monoisotopic (exact) mass is 368 g/mol. The van der Waals surface area contributed by atoms with Crippen molar-refractivity contribution >= 4 is 20.2 Å². The quantitative estimate of drug-likeness (QED) is 0.540. The van der Waals surface area contributed by atoms with Gasteiger partial charge in [0.15, 0.2) is 0 Å². The maximum atomic E-state index is 2.63. The molecule has 2 aromatic rings. The van der Waals surface area contributed by atoms with Gasteiger partial charge in [0, 0.05) is 0 Å². The minimum absolute atomic E-state index is 0.646. The average Bonchev–Trinajstić information content (AvgIpc) is 3.41. The molecule has 0 aromatic heterocycles. The van der Waals surface area contributed by atoms with Gasteiger partial charge in [-0.2, -0.15) is 0 Å². The molecule has 4 aliphatic rings. The molecule has 0 spiro atoms. The van der Waals surface area contributed by atoms with Crippen LogP contribution < -0.4 is 0 Å². The minimum Gasteiger partial charge on any atom is -0.0791 e. The summed E-state index contributed by atoms with van der Waals surface area (Å²) in [5, 5.41) is 0. The van der Waals surface area contributed by atoms with Crippen molar-refractivity contribution in [3.05, 3.63) is 80.9 Å². The highest BCUT2D eigenvalue weighted by atomic mass is 28.3. The lowest BCUT2D eigenvalue weighted by molar-refractivity contribution is 0.911. The van der Waals surface area contributed by atoms with E-state index in [1.165, 1.54) is 49.7 Å². The Balaban J connectivity index is 1.41. The van der Waals surface area contributed by atoms with Gasteiger partial charge in [-0.05, 0) is 94.1 Å². The Hall–Kier alpha value is -1.86. The summed E-state index contributed by atoms with van der Waals surface area (Å²) in [5.41, 5.74) is 14.1. The maximum Gasteiger partial charge on any atom is 0.0715 e. The van der Waals surface area contributed by atoms with E-state index in [4.69, 9.17) is 0 Å². The Morgan fingerprint density at radius 3 is 1.48 bits per heavy atom. The van der Waals surface area contributed by atoms with Crippen molar-refractivity contribution in [2.45, 2.75) is 62.7 Å². The highest BCUT2D eigenvalue weighted by Crippen LogP contribution is 2.48. The van der Waals surface area contributed by atoms with Crippen LogP contribution in [0.1, 0.15) is 68.4 Å². The van der Waals surface area contributed by atoms with Gasteiger partial charge >= 0.3 is 0 Å². The van der Waals surface area contributed by atoms with Crippen LogP contribution in [0.15, 0.2) is 36.4 Å². The van der Waals surface area contributed by atoms with Gasteiger partial charge in [0.1, 0.15) is 0 Å². The highest BCUT2D eigenvalue weighted by Gasteiger charge is 2.43. The molecule has 0 aliphatic heterocycles. The van der Waals surface area contributed by atoms with Gasteiger partial charge < -0.3 is 0 Å². The minimum atomic E-state index is -1.58. The second kappa shape index (κ2) is 5.58. The van der Waals surface area contributed by atoms with Crippen LogP contribution in [0.4, 0.5) is 0 Å². The Kier molecular flexibility index (Phi) is 3.33. The standard InChI is InChI=1S/C26H28Si/c1-27(2,25-11-9-21-13-17-5-3-7-19(17)15-23(21)25)26-12-10-22-14-18-6-4-8-20(18)16-24(22)26/h9-16,25-26H,3-8H2,1-2H3. The molecule has 0 saturated heterocycles. The van der Waals surface area contributed by atoms with Crippen molar-refractivity contribution in [2.75, 3.05) is 0 Å². The predicted molar refractivity (Wildman–Crippen MR) is 118 cm³/mol. The molecule has 0 N–H and O–H groups in total. The molecule has 0 heterocycles. The first-order chi connectivity index (χ1) is 13.1. The second-order valence-corrected chi connectivity index (χ2v) is 14.6. The summed E-state index contributed by atoms with van der Waals surface area (Å²) in [6.45, 7) is 5.25. The van der Waals surface area contributed by atoms with Crippen LogP contribution in [0.25, 0.3) is 12.2 Å². The number of rotatable bonds is 2. The molecular formula is C26H28Si. The van der Waals surface area contributed by atoms with Gasteiger partial charge in [-0.1, -0.05) is 61.7 Å². The molecule has 27 heavy (non-hydrogen) atoms. The van der Waals surface area contributed by atoms with E-state index in [0.29, 0.717) is 11.1 Å². The molecule has 0 radical (unpaired) electrons. The summed E-state index contributed by atoms with van der Waals surface area (Å²) in [5.74, 6) is 0. The van der Waals surface area contributed by atoms with E-state index in [1.807, 2.05) is 0 Å². The van der Waals surface area contributed by atoms with Crippen LogP contribution in [0.2, 0.25) is 13.1 Å². The first-order valence-corrected chi connectivity index (χ1v) is 13.9. The van der Waals surface area contributed by atoms with Gasteiger partial charge in [-0.25, -0.2) is 0 Å². The van der Waals surface area contributed by atoms with Gasteiger partial charge in [0.2, 0.25) is 0 Å². The maximum absolute atomic E-state index is 2.63. The van der Waals surface area contributed by atoms with Crippen molar-refractivity contribution < 1.29 is 0 Å². The topological polar surface area (TPSA) is 0 Å². The Morgan fingerprint density at radius 2 is 1.04 bits per heavy atom. The molecule has 136 valence electrons. The van der Waals surface area contributed by atoms with Crippen LogP contribution in [0, 0.1) is 0 Å². The second-order valence-electron chi connectivity index (χ2n) is 9.70. The number of aryl methyl sites for hydroxylation is 4. The van der Waals surface area contributed by atoms with Gasteiger partial charge in [-0.15, -0.1) is 0 Å². The zero-order chi connectivity index (χ0) is 18.2. The van der Waals surface area contributed by atoms with Crippen molar-refractivity contribution in [3.8, 4) is 0 Å². The zero-order valence-electron chi connectivity index (χ0n) is 16.5. The zero-order valence-corrected chi connectivity index (χ0v) is 17.5. The molecule has 2 unspecified atom stereocenters. The summed E-state index contributed by atoms with van der Waals surface area (Å²) in [7, 11) is -1.58. The molecule has 0 fully saturated rings. The fraction of sp³-hybridized carbons (Fsp3) is 0.385. The molecular weight excluding hydrogens is 340 g/mol. The van der Waals surface area contributed by atoms with Crippen LogP contribution in [-0.4, -0.2) is 8.07 Å². The van der Waals surface area contributed by atoms with Gasteiger partial charge in [0.05, 0.1) is 8.07 Å². The Morgan fingerprint density at radius 1 is 0.630 bits per heavy atom. The van der Waals surface area contributed by atoms with E-state index in [1.54, 1.807) is 33.4 Å². The van der Waals surface area contributed by atoms with Gasteiger partial charge in [-0.3, -0.25) is 0 Å². The molecule has 0 amide bonds. The van der Waals surface area contributed by atoms with Crippen LogP contribution >= 0.6 is 0 Å². The van der Waals surface area contributed by atoms with Crippen molar-refractivity contribution in [3.63, 3.8) is 0 Å². The average molecular weight is 369 g/mol. The van der Waals surface area contributed by atoms with Crippen molar-refractivity contribution in [1.82, 2.24) is 0 Å². The van der Waals surface area contributed by atoms with Crippen LogP contribution in [0.3, 0.4) is 0 Å². The lowest BCUT2D eigenvalue weighted by Gasteiger charge is -2.36. The number of fused-ring (bicyclic) bond motifs is 4. The normalized spacial score (nSPS) is 24.2. The van der Waals surface area contributed by atoms with Gasteiger partial charge in [0.25, 0.3) is 0 Å². The summed E-state index contributed by atoms with van der Waals surface area (Å²) < 4.78 is 0. The molecule has 2 aromatic carbocycles. The fourth-order valence-electron chi connectivity index (χ4n) is 6.25. The highest BCUT2D eigenvalue weighted by molar-refractivity contribution is 6.81. The molecule has 4 aliphatic carbocycles. The van der Waals surface area contributed by atoms with Crippen LogP contribution in [-0.2, 0) is 25.7 Å². The number of hydrogen-bond donors (Lipinski definition) is 0. The van der Waals surface area contributed by atoms with Crippen molar-refractivity contribution in [1.29, 1.82) is 0 Å². The number of hydrogen-bond acceptors (Lipinski definition) is 0. The van der Waals surface area contributed by atoms with E-state index < -0.39 is 8.07 Å². The predicted octanol–water partition coefficient (Wildman–Crippen LogP) is 6.37. The lowest BCUT2D eigenvalue weighted by Crippen LogP contribution is -2.40. The van der Waals surface area contributed by atoms with Crippen molar-refractivity contribution in [2.24, 2.45) is 0 Å². The summed E-state index contributed by atoms with van der Waals surface area (Å²) in [4.78, 5) is 0. The van der Waals surface area contributed by atoms with E-state index in [0.717, 1.165) is 0 Å². The number of benzene rings is 2. The Labute approximate surface area is 164 Å². The van der Waals surface area contributed by atoms with E-state index in [2.05, 4.69) is 61.7 Å². The van der Waals surface area contributed by atoms with E-state index in [9.17, 15) is 0 Å². The summed E-state index contributed by atoms with van der Waals surface area (Å²) in [6, 6.07) is 10.2.